The fourth-order valence-electron chi connectivity index (χ4n) is 6.09. The van der Waals surface area contributed by atoms with E-state index in [4.69, 9.17) is 0 Å². The van der Waals surface area contributed by atoms with E-state index in [1.54, 1.807) is 0 Å². The van der Waals surface area contributed by atoms with Gasteiger partial charge in [-0.1, -0.05) is 127 Å². The van der Waals surface area contributed by atoms with E-state index in [-0.39, 0.29) is 0 Å². The van der Waals surface area contributed by atoms with Gasteiger partial charge in [0, 0.05) is 42.2 Å². The summed E-state index contributed by atoms with van der Waals surface area (Å²) in [6.45, 7) is 0. The second-order valence-electron chi connectivity index (χ2n) is 10.6. The van der Waals surface area contributed by atoms with Crippen molar-refractivity contribution >= 4 is 59.3 Å². The summed E-state index contributed by atoms with van der Waals surface area (Å²) in [6, 6.07) is 59.1. The Morgan fingerprint density at radius 3 is 1.76 bits per heavy atom. The minimum atomic E-state index is 1.13. The van der Waals surface area contributed by atoms with Crippen molar-refractivity contribution in [1.82, 2.24) is 0 Å². The predicted octanol–water partition coefficient (Wildman–Crippen LogP) is 12.0. The Labute approximate surface area is 249 Å². The Morgan fingerprint density at radius 1 is 0.381 bits per heavy atom. The van der Waals surface area contributed by atoms with Crippen molar-refractivity contribution < 1.29 is 0 Å². The summed E-state index contributed by atoms with van der Waals surface area (Å²) in [4.78, 5) is 2.44. The number of benzene rings is 7. The third kappa shape index (κ3) is 4.16. The molecule has 0 aliphatic carbocycles. The van der Waals surface area contributed by atoms with Crippen LogP contribution in [0.4, 0.5) is 17.1 Å². The summed E-state index contributed by atoms with van der Waals surface area (Å²) in [5, 5.41) is 5.12. The number of anilines is 3. The van der Waals surface area contributed by atoms with Crippen LogP contribution in [0.15, 0.2) is 164 Å². The van der Waals surface area contributed by atoms with Gasteiger partial charge in [-0.2, -0.15) is 0 Å². The van der Waals surface area contributed by atoms with E-state index in [2.05, 4.69) is 169 Å². The molecule has 0 N–H and O–H groups in total. The van der Waals surface area contributed by atoms with Gasteiger partial charge in [0.25, 0.3) is 0 Å². The van der Waals surface area contributed by atoms with Gasteiger partial charge in [0.05, 0.1) is 11.4 Å². The Bertz CT molecular complexity index is 2180. The third-order valence-electron chi connectivity index (χ3n) is 8.05. The molecule has 1 aromatic heterocycles. The zero-order valence-corrected chi connectivity index (χ0v) is 23.8. The highest BCUT2D eigenvalue weighted by Gasteiger charge is 2.21. The van der Waals surface area contributed by atoms with Gasteiger partial charge in [0.2, 0.25) is 0 Å². The number of hydrogen-bond donors (Lipinski definition) is 0. The Kier molecular flexibility index (Phi) is 6.05. The lowest BCUT2D eigenvalue weighted by Crippen LogP contribution is -2.11. The molecular formula is C40H27NS. The van der Waals surface area contributed by atoms with Crippen LogP contribution in [0, 0.1) is 0 Å². The predicted molar refractivity (Wildman–Crippen MR) is 182 cm³/mol. The van der Waals surface area contributed by atoms with Crippen molar-refractivity contribution in [1.29, 1.82) is 0 Å². The second-order valence-corrected chi connectivity index (χ2v) is 11.6. The van der Waals surface area contributed by atoms with E-state index in [1.165, 1.54) is 58.9 Å². The van der Waals surface area contributed by atoms with Gasteiger partial charge in [0.1, 0.15) is 0 Å². The Balaban J connectivity index is 1.45. The highest BCUT2D eigenvalue weighted by molar-refractivity contribution is 7.26. The van der Waals surface area contributed by atoms with E-state index < -0.39 is 0 Å². The normalized spacial score (nSPS) is 11.3. The van der Waals surface area contributed by atoms with Crippen molar-refractivity contribution in [2.24, 2.45) is 0 Å². The number of nitrogens with zero attached hydrogens (tertiary/aromatic N) is 1. The van der Waals surface area contributed by atoms with E-state index in [1.807, 2.05) is 11.3 Å². The van der Waals surface area contributed by atoms with Gasteiger partial charge >= 0.3 is 0 Å². The number of rotatable bonds is 5. The molecule has 0 saturated heterocycles. The molecule has 0 radical (unpaired) electrons. The highest BCUT2D eigenvalue weighted by Crippen LogP contribution is 2.48. The maximum absolute atomic E-state index is 2.44. The SMILES string of the molecule is c1ccc(-c2ccc3sc4c5ccccc5c(N(c5ccccc5)c5ccccc5-c5ccccc5)cc4c3c2)cc1. The molecule has 8 aromatic rings. The number of fused-ring (bicyclic) bond motifs is 5. The lowest BCUT2D eigenvalue weighted by molar-refractivity contribution is 1.30. The lowest BCUT2D eigenvalue weighted by atomic mass is 9.98. The number of para-hydroxylation sites is 2. The molecule has 0 spiro atoms. The summed E-state index contributed by atoms with van der Waals surface area (Å²) >= 11 is 1.89. The van der Waals surface area contributed by atoms with Crippen molar-refractivity contribution in [3.05, 3.63) is 164 Å². The van der Waals surface area contributed by atoms with Gasteiger partial charge < -0.3 is 4.90 Å². The van der Waals surface area contributed by atoms with Crippen LogP contribution < -0.4 is 4.90 Å². The molecule has 0 unspecified atom stereocenters. The average Bonchev–Trinajstić information content (AvgIpc) is 3.45. The van der Waals surface area contributed by atoms with Crippen molar-refractivity contribution in [3.8, 4) is 22.3 Å². The third-order valence-corrected chi connectivity index (χ3v) is 9.27. The van der Waals surface area contributed by atoms with Crippen LogP contribution in [-0.4, -0.2) is 0 Å². The quantitative estimate of drug-likeness (QED) is 0.205. The molecule has 7 aromatic carbocycles. The Morgan fingerprint density at radius 2 is 1.00 bits per heavy atom. The summed E-state index contributed by atoms with van der Waals surface area (Å²) in [5.41, 5.74) is 8.35. The molecule has 8 rings (SSSR count). The first kappa shape index (κ1) is 24.6. The highest BCUT2D eigenvalue weighted by atomic mass is 32.1. The summed E-state index contributed by atoms with van der Waals surface area (Å²) in [7, 11) is 0. The van der Waals surface area contributed by atoms with Gasteiger partial charge in [-0.3, -0.25) is 0 Å². The lowest BCUT2D eigenvalue weighted by Gasteiger charge is -2.29. The maximum Gasteiger partial charge on any atom is 0.0547 e. The van der Waals surface area contributed by atoms with Crippen molar-refractivity contribution in [3.63, 3.8) is 0 Å². The van der Waals surface area contributed by atoms with Crippen LogP contribution in [0.2, 0.25) is 0 Å². The van der Waals surface area contributed by atoms with Gasteiger partial charge in [-0.15, -0.1) is 11.3 Å². The Hall–Kier alpha value is -5.18. The molecule has 0 aliphatic heterocycles. The van der Waals surface area contributed by atoms with Crippen LogP contribution in [0.5, 0.6) is 0 Å². The largest absolute Gasteiger partial charge is 0.309 e. The minimum Gasteiger partial charge on any atom is -0.309 e. The molecule has 42 heavy (non-hydrogen) atoms. The zero-order chi connectivity index (χ0) is 27.9. The molecule has 0 atom stereocenters. The van der Waals surface area contributed by atoms with Crippen LogP contribution in [0.1, 0.15) is 0 Å². The van der Waals surface area contributed by atoms with E-state index in [0.717, 1.165) is 11.4 Å². The number of thiophene rings is 1. The molecule has 0 fully saturated rings. The first-order valence-corrected chi connectivity index (χ1v) is 15.1. The standard InChI is InChI=1S/C40H27NS/c1-4-14-28(15-5-1)30-24-25-39-35(26-30)36-27-38(33-21-10-11-22-34(33)40(36)42-39)41(31-18-8-3-9-19-31)37-23-13-12-20-32(37)29-16-6-2-7-17-29/h1-27H. The maximum atomic E-state index is 2.44. The molecular weight excluding hydrogens is 527 g/mol. The van der Waals surface area contributed by atoms with Crippen molar-refractivity contribution in [2.45, 2.75) is 0 Å². The molecule has 1 nitrogen and oxygen atoms in total. The van der Waals surface area contributed by atoms with Crippen LogP contribution in [-0.2, 0) is 0 Å². The fraction of sp³-hybridized carbons (Fsp3) is 0. The molecule has 0 bridgehead atoms. The van der Waals surface area contributed by atoms with Crippen LogP contribution in [0.25, 0.3) is 53.2 Å². The summed E-state index contributed by atoms with van der Waals surface area (Å²) < 4.78 is 2.64. The molecule has 1 heterocycles. The van der Waals surface area contributed by atoms with Crippen LogP contribution >= 0.6 is 11.3 Å². The van der Waals surface area contributed by atoms with E-state index in [9.17, 15) is 0 Å². The summed E-state index contributed by atoms with van der Waals surface area (Å²) in [5.74, 6) is 0. The van der Waals surface area contributed by atoms with E-state index >= 15 is 0 Å². The first-order chi connectivity index (χ1) is 20.8. The molecule has 0 aliphatic rings. The minimum absolute atomic E-state index is 1.13. The number of hydrogen-bond acceptors (Lipinski definition) is 2. The molecule has 0 amide bonds. The van der Waals surface area contributed by atoms with Gasteiger partial charge in [-0.05, 0) is 53.1 Å². The fourth-order valence-corrected chi connectivity index (χ4v) is 7.29. The van der Waals surface area contributed by atoms with Gasteiger partial charge in [-0.25, -0.2) is 0 Å². The van der Waals surface area contributed by atoms with Gasteiger partial charge in [0.15, 0.2) is 0 Å². The smallest absolute Gasteiger partial charge is 0.0547 e. The molecule has 0 saturated carbocycles. The zero-order valence-electron chi connectivity index (χ0n) is 22.9. The average molecular weight is 554 g/mol. The van der Waals surface area contributed by atoms with E-state index in [0.29, 0.717) is 0 Å². The molecule has 198 valence electrons. The molecule has 2 heteroatoms. The van der Waals surface area contributed by atoms with Crippen molar-refractivity contribution in [2.75, 3.05) is 4.90 Å². The monoisotopic (exact) mass is 553 g/mol. The first-order valence-electron chi connectivity index (χ1n) is 14.3. The van der Waals surface area contributed by atoms with Crippen LogP contribution in [0.3, 0.4) is 0 Å². The summed E-state index contributed by atoms with van der Waals surface area (Å²) in [6.07, 6.45) is 0. The topological polar surface area (TPSA) is 3.24 Å². The second kappa shape index (κ2) is 10.3.